The molecule has 0 saturated carbocycles. The van der Waals surface area contributed by atoms with Gasteiger partial charge in [-0.15, -0.1) is 0 Å². The lowest BCUT2D eigenvalue weighted by molar-refractivity contribution is 0.626. The van der Waals surface area contributed by atoms with E-state index in [-0.39, 0.29) is 5.54 Å². The van der Waals surface area contributed by atoms with Crippen LogP contribution in [0.3, 0.4) is 0 Å². The number of nitrogens with one attached hydrogen (secondary N) is 1. The molecular formula is C8H15N3. The minimum absolute atomic E-state index is 0.0916. The number of hydrogen-bond acceptors (Lipinski definition) is 2. The minimum Gasteiger partial charge on any atom is -0.364 e. The number of hydrogen-bond donors (Lipinski definition) is 1. The second-order valence-electron chi connectivity index (χ2n) is 3.75. The van der Waals surface area contributed by atoms with Crippen LogP contribution >= 0.6 is 0 Å². The van der Waals surface area contributed by atoms with Crippen molar-refractivity contribution in [2.45, 2.75) is 26.3 Å². The molecule has 0 spiro atoms. The Kier molecular flexibility index (Phi) is 1.89. The van der Waals surface area contributed by atoms with E-state index in [1.54, 1.807) is 4.68 Å². The van der Waals surface area contributed by atoms with Crippen molar-refractivity contribution in [1.82, 2.24) is 9.78 Å². The van der Waals surface area contributed by atoms with Gasteiger partial charge in [0.25, 0.3) is 0 Å². The summed E-state index contributed by atoms with van der Waals surface area (Å²) in [5.74, 6) is 0.931. The van der Waals surface area contributed by atoms with Crippen molar-refractivity contribution in [3.05, 3.63) is 12.3 Å². The van der Waals surface area contributed by atoms with Crippen LogP contribution in [0.2, 0.25) is 0 Å². The second-order valence-corrected chi connectivity index (χ2v) is 3.75. The Balaban J connectivity index is 2.65. The Morgan fingerprint density at radius 2 is 2.09 bits per heavy atom. The maximum absolute atomic E-state index is 4.20. The van der Waals surface area contributed by atoms with Crippen LogP contribution in [0.25, 0.3) is 0 Å². The highest BCUT2D eigenvalue weighted by atomic mass is 15.3. The first-order valence-corrected chi connectivity index (χ1v) is 3.75. The summed E-state index contributed by atoms with van der Waals surface area (Å²) in [5, 5.41) is 7.47. The van der Waals surface area contributed by atoms with Crippen molar-refractivity contribution in [2.75, 3.05) is 5.32 Å². The highest BCUT2D eigenvalue weighted by Crippen LogP contribution is 2.10. The van der Waals surface area contributed by atoms with Crippen LogP contribution in [0.5, 0.6) is 0 Å². The Labute approximate surface area is 67.4 Å². The molecule has 0 fully saturated rings. The molecule has 0 amide bonds. The molecule has 0 saturated heterocycles. The quantitative estimate of drug-likeness (QED) is 0.664. The summed E-state index contributed by atoms with van der Waals surface area (Å²) in [6.45, 7) is 6.34. The molecule has 0 aromatic carbocycles. The minimum atomic E-state index is 0.0916. The van der Waals surface area contributed by atoms with E-state index in [1.807, 2.05) is 19.3 Å². The number of anilines is 1. The standard InChI is InChI=1S/C8H15N3/c1-8(2,3)9-7-5-6-11(4)10-7/h5-6H,1-4H3,(H,9,10). The van der Waals surface area contributed by atoms with E-state index in [0.29, 0.717) is 0 Å². The Morgan fingerprint density at radius 3 is 2.45 bits per heavy atom. The van der Waals surface area contributed by atoms with Crippen molar-refractivity contribution in [2.24, 2.45) is 7.05 Å². The Bertz CT molecular complexity index is 232. The van der Waals surface area contributed by atoms with Gasteiger partial charge < -0.3 is 5.32 Å². The number of nitrogens with zero attached hydrogens (tertiary/aromatic N) is 2. The van der Waals surface area contributed by atoms with Crippen molar-refractivity contribution < 1.29 is 0 Å². The lowest BCUT2D eigenvalue weighted by Gasteiger charge is -2.19. The summed E-state index contributed by atoms with van der Waals surface area (Å²) in [6, 6.07) is 1.96. The van der Waals surface area contributed by atoms with Gasteiger partial charge in [0.15, 0.2) is 0 Å². The number of aryl methyl sites for hydroxylation is 1. The van der Waals surface area contributed by atoms with Crippen LogP contribution in [0.15, 0.2) is 12.3 Å². The average molecular weight is 153 g/mol. The third-order valence-corrected chi connectivity index (χ3v) is 1.22. The van der Waals surface area contributed by atoms with Gasteiger partial charge in [-0.1, -0.05) is 0 Å². The van der Waals surface area contributed by atoms with Gasteiger partial charge in [-0.3, -0.25) is 4.68 Å². The van der Waals surface area contributed by atoms with Gasteiger partial charge in [0.2, 0.25) is 0 Å². The molecule has 0 unspecified atom stereocenters. The average Bonchev–Trinajstić information content (AvgIpc) is 2.10. The van der Waals surface area contributed by atoms with E-state index in [0.717, 1.165) is 5.82 Å². The van der Waals surface area contributed by atoms with Crippen molar-refractivity contribution in [3.63, 3.8) is 0 Å². The molecule has 0 aliphatic heterocycles. The fourth-order valence-corrected chi connectivity index (χ4v) is 0.866. The number of aromatic nitrogens is 2. The van der Waals surface area contributed by atoms with Gasteiger partial charge in [0, 0.05) is 24.8 Å². The first kappa shape index (κ1) is 8.11. The first-order chi connectivity index (χ1) is 4.97. The smallest absolute Gasteiger partial charge is 0.148 e. The van der Waals surface area contributed by atoms with Crippen LogP contribution in [0.1, 0.15) is 20.8 Å². The molecule has 0 radical (unpaired) electrons. The highest BCUT2D eigenvalue weighted by molar-refractivity contribution is 5.34. The zero-order valence-corrected chi connectivity index (χ0v) is 7.55. The van der Waals surface area contributed by atoms with Gasteiger partial charge in [-0.05, 0) is 20.8 Å². The molecule has 3 heteroatoms. The van der Waals surface area contributed by atoms with Crippen molar-refractivity contribution in [1.29, 1.82) is 0 Å². The summed E-state index contributed by atoms with van der Waals surface area (Å²) < 4.78 is 1.79. The number of rotatable bonds is 1. The van der Waals surface area contributed by atoms with Crippen LogP contribution in [0, 0.1) is 0 Å². The molecule has 1 aromatic rings. The summed E-state index contributed by atoms with van der Waals surface area (Å²) in [5.41, 5.74) is 0.0916. The highest BCUT2D eigenvalue weighted by Gasteiger charge is 2.09. The molecule has 62 valence electrons. The molecule has 1 N–H and O–H groups in total. The van der Waals surface area contributed by atoms with Gasteiger partial charge in [-0.25, -0.2) is 0 Å². The lowest BCUT2D eigenvalue weighted by atomic mass is 10.1. The molecule has 3 nitrogen and oxygen atoms in total. The third kappa shape index (κ3) is 2.62. The lowest BCUT2D eigenvalue weighted by Crippen LogP contribution is -2.26. The summed E-state index contributed by atoms with van der Waals surface area (Å²) in [7, 11) is 1.91. The monoisotopic (exact) mass is 153 g/mol. The maximum atomic E-state index is 4.20. The molecule has 0 aliphatic carbocycles. The van der Waals surface area contributed by atoms with E-state index in [4.69, 9.17) is 0 Å². The predicted molar refractivity (Wildman–Crippen MR) is 46.6 cm³/mol. The fraction of sp³-hybridized carbons (Fsp3) is 0.625. The third-order valence-electron chi connectivity index (χ3n) is 1.22. The largest absolute Gasteiger partial charge is 0.364 e. The molecule has 11 heavy (non-hydrogen) atoms. The van der Waals surface area contributed by atoms with Gasteiger partial charge in [-0.2, -0.15) is 5.10 Å². The van der Waals surface area contributed by atoms with Crippen molar-refractivity contribution >= 4 is 5.82 Å². The van der Waals surface area contributed by atoms with E-state index >= 15 is 0 Å². The van der Waals surface area contributed by atoms with E-state index in [1.165, 1.54) is 0 Å². The zero-order chi connectivity index (χ0) is 8.48. The molecule has 0 aliphatic rings. The first-order valence-electron chi connectivity index (χ1n) is 3.75. The fourth-order valence-electron chi connectivity index (χ4n) is 0.866. The van der Waals surface area contributed by atoms with E-state index in [2.05, 4.69) is 31.2 Å². The summed E-state index contributed by atoms with van der Waals surface area (Å²) >= 11 is 0. The Hall–Kier alpha value is -0.990. The molecular weight excluding hydrogens is 138 g/mol. The molecule has 0 atom stereocenters. The van der Waals surface area contributed by atoms with Crippen molar-refractivity contribution in [3.8, 4) is 0 Å². The normalized spacial score (nSPS) is 11.6. The van der Waals surface area contributed by atoms with E-state index in [9.17, 15) is 0 Å². The van der Waals surface area contributed by atoms with Gasteiger partial charge in [0.1, 0.15) is 5.82 Å². The topological polar surface area (TPSA) is 29.9 Å². The molecule has 1 heterocycles. The summed E-state index contributed by atoms with van der Waals surface area (Å²) in [6.07, 6.45) is 1.92. The molecule has 1 rings (SSSR count). The Morgan fingerprint density at radius 1 is 1.45 bits per heavy atom. The van der Waals surface area contributed by atoms with Crippen LogP contribution in [-0.2, 0) is 7.05 Å². The summed E-state index contributed by atoms with van der Waals surface area (Å²) in [4.78, 5) is 0. The van der Waals surface area contributed by atoms with Crippen LogP contribution in [-0.4, -0.2) is 15.3 Å². The van der Waals surface area contributed by atoms with E-state index < -0.39 is 0 Å². The molecule has 1 aromatic heterocycles. The zero-order valence-electron chi connectivity index (χ0n) is 7.55. The predicted octanol–water partition coefficient (Wildman–Crippen LogP) is 1.63. The second kappa shape index (κ2) is 2.57. The SMILES string of the molecule is Cn1ccc(NC(C)(C)C)n1. The van der Waals surface area contributed by atoms with Crippen LogP contribution in [0.4, 0.5) is 5.82 Å². The van der Waals surface area contributed by atoms with Gasteiger partial charge in [0.05, 0.1) is 0 Å². The maximum Gasteiger partial charge on any atom is 0.148 e. The van der Waals surface area contributed by atoms with Crippen LogP contribution < -0.4 is 5.32 Å². The molecule has 0 bridgehead atoms. The van der Waals surface area contributed by atoms with Gasteiger partial charge >= 0.3 is 0 Å².